The van der Waals surface area contributed by atoms with Gasteiger partial charge >= 0.3 is 12.1 Å². The molecule has 1 heterocycles. The van der Waals surface area contributed by atoms with Gasteiger partial charge in [0, 0.05) is 35.1 Å². The van der Waals surface area contributed by atoms with Gasteiger partial charge in [-0.05, 0) is 87.2 Å². The van der Waals surface area contributed by atoms with Crippen LogP contribution in [-0.2, 0) is 16.0 Å². The number of amides is 1. The van der Waals surface area contributed by atoms with E-state index in [0.29, 0.717) is 29.1 Å². The van der Waals surface area contributed by atoms with Gasteiger partial charge in [0.05, 0.1) is 6.61 Å². The molecule has 11 heteroatoms. The first-order valence-electron chi connectivity index (χ1n) is 13.8. The molecule has 4 rings (SSSR count). The fraction of sp³-hybridized carbons (Fsp3) is 0.533. The zero-order chi connectivity index (χ0) is 30.2. The maximum absolute atomic E-state index is 13.1. The largest absolute Gasteiger partial charge is 0.494 e. The van der Waals surface area contributed by atoms with E-state index < -0.39 is 12.1 Å². The number of halogens is 5. The number of benzene rings is 2. The quantitative estimate of drug-likeness (QED) is 0.298. The summed E-state index contributed by atoms with van der Waals surface area (Å²) in [6.45, 7) is 2.57. The van der Waals surface area contributed by atoms with Crippen LogP contribution in [0.15, 0.2) is 36.4 Å². The van der Waals surface area contributed by atoms with Gasteiger partial charge in [0.15, 0.2) is 0 Å². The van der Waals surface area contributed by atoms with Crippen molar-refractivity contribution in [3.63, 3.8) is 0 Å². The molecule has 1 aliphatic carbocycles. The van der Waals surface area contributed by atoms with Crippen molar-refractivity contribution in [3.05, 3.63) is 52.0 Å². The lowest BCUT2D eigenvalue weighted by molar-refractivity contribution is -0.192. The van der Waals surface area contributed by atoms with Crippen LogP contribution >= 0.6 is 23.2 Å². The van der Waals surface area contributed by atoms with Gasteiger partial charge in [-0.2, -0.15) is 13.2 Å². The van der Waals surface area contributed by atoms with E-state index in [4.69, 9.17) is 37.8 Å². The van der Waals surface area contributed by atoms with Gasteiger partial charge in [-0.1, -0.05) is 54.6 Å². The second-order valence-corrected chi connectivity index (χ2v) is 11.6. The predicted octanol–water partition coefficient (Wildman–Crippen LogP) is 7.35. The van der Waals surface area contributed by atoms with Gasteiger partial charge in [-0.15, -0.1) is 0 Å². The van der Waals surface area contributed by atoms with Crippen molar-refractivity contribution in [1.82, 2.24) is 9.80 Å². The molecule has 2 aliphatic rings. The predicted molar refractivity (Wildman–Crippen MR) is 155 cm³/mol. The number of likely N-dealkylation sites (tertiary alicyclic amines) is 1. The lowest BCUT2D eigenvalue weighted by Crippen LogP contribution is -2.39. The van der Waals surface area contributed by atoms with Crippen LogP contribution in [0.3, 0.4) is 0 Å². The molecule has 1 aliphatic heterocycles. The van der Waals surface area contributed by atoms with E-state index in [1.807, 2.05) is 36.4 Å². The van der Waals surface area contributed by atoms with Crippen molar-refractivity contribution in [1.29, 1.82) is 0 Å². The number of aliphatic carboxylic acids is 1. The second kappa shape index (κ2) is 15.1. The van der Waals surface area contributed by atoms with Crippen molar-refractivity contribution in [2.75, 3.05) is 33.8 Å². The number of carbonyl (C=O) groups excluding carboxylic acids is 1. The highest BCUT2D eigenvalue weighted by molar-refractivity contribution is 6.36. The van der Waals surface area contributed by atoms with Crippen molar-refractivity contribution in [2.45, 2.75) is 63.6 Å². The van der Waals surface area contributed by atoms with Crippen molar-refractivity contribution in [3.8, 4) is 16.9 Å². The van der Waals surface area contributed by atoms with E-state index in [0.717, 1.165) is 61.2 Å². The number of hydrogen-bond donors (Lipinski definition) is 1. The average Bonchev–Trinajstić information content (AvgIpc) is 3.29. The molecule has 2 aromatic carbocycles. The maximum atomic E-state index is 13.1. The topological polar surface area (TPSA) is 70.1 Å². The summed E-state index contributed by atoms with van der Waals surface area (Å²) in [5.74, 6) is -1.64. The molecule has 2 fully saturated rings. The minimum atomic E-state index is -5.08. The van der Waals surface area contributed by atoms with Gasteiger partial charge in [0.2, 0.25) is 5.91 Å². The summed E-state index contributed by atoms with van der Waals surface area (Å²) in [6.07, 6.45) is 3.47. The zero-order valence-corrected chi connectivity index (χ0v) is 24.9. The highest BCUT2D eigenvalue weighted by Gasteiger charge is 2.38. The van der Waals surface area contributed by atoms with Crippen LogP contribution < -0.4 is 4.74 Å². The number of carboxylic acids is 1. The fourth-order valence-electron chi connectivity index (χ4n) is 5.23. The number of ether oxygens (including phenoxy) is 1. The molecule has 1 N–H and O–H groups in total. The van der Waals surface area contributed by atoms with Crippen LogP contribution in [0.25, 0.3) is 11.1 Å². The summed E-state index contributed by atoms with van der Waals surface area (Å²) in [7, 11) is 4.13. The molecule has 1 saturated heterocycles. The summed E-state index contributed by atoms with van der Waals surface area (Å²) >= 11 is 13.4. The first-order chi connectivity index (χ1) is 19.4. The van der Waals surface area contributed by atoms with E-state index in [1.165, 1.54) is 19.3 Å². The number of alkyl halides is 3. The van der Waals surface area contributed by atoms with Gasteiger partial charge < -0.3 is 19.6 Å². The minimum absolute atomic E-state index is 0.0216. The summed E-state index contributed by atoms with van der Waals surface area (Å²) in [4.78, 5) is 26.3. The minimum Gasteiger partial charge on any atom is -0.494 e. The zero-order valence-electron chi connectivity index (χ0n) is 23.4. The molecule has 1 amide bonds. The maximum Gasteiger partial charge on any atom is 0.490 e. The van der Waals surface area contributed by atoms with E-state index in [2.05, 4.69) is 23.9 Å². The first kappa shape index (κ1) is 33.0. The molecule has 1 saturated carbocycles. The molecule has 6 nitrogen and oxygen atoms in total. The Morgan fingerprint density at radius 2 is 1.61 bits per heavy atom. The van der Waals surface area contributed by atoms with Gasteiger partial charge in [0.25, 0.3) is 0 Å². The Labute approximate surface area is 249 Å². The Kier molecular flexibility index (Phi) is 12.2. The van der Waals surface area contributed by atoms with Crippen LogP contribution in [0.2, 0.25) is 10.0 Å². The first-order valence-corrected chi connectivity index (χ1v) is 14.6. The van der Waals surface area contributed by atoms with Crippen LogP contribution in [-0.4, -0.2) is 72.8 Å². The number of carbonyl (C=O) groups is 2. The summed E-state index contributed by atoms with van der Waals surface area (Å²) < 4.78 is 37.6. The number of hydrogen-bond acceptors (Lipinski definition) is 4. The van der Waals surface area contributed by atoms with Gasteiger partial charge in [-0.25, -0.2) is 4.79 Å². The Morgan fingerprint density at radius 1 is 1.02 bits per heavy atom. The summed E-state index contributed by atoms with van der Waals surface area (Å²) in [6, 6.07) is 12.4. The Balaban J connectivity index is 0.000000587. The Morgan fingerprint density at radius 3 is 2.15 bits per heavy atom. The summed E-state index contributed by atoms with van der Waals surface area (Å²) in [5, 5.41) is 8.39. The summed E-state index contributed by atoms with van der Waals surface area (Å²) in [5.41, 5.74) is 2.90. The van der Waals surface area contributed by atoms with Crippen molar-refractivity contribution < 1.29 is 32.6 Å². The number of rotatable bonds is 9. The smallest absolute Gasteiger partial charge is 0.490 e. The molecule has 0 aromatic heterocycles. The van der Waals surface area contributed by atoms with E-state index in [9.17, 15) is 18.0 Å². The normalized spacial score (nSPS) is 17.9. The third kappa shape index (κ3) is 9.79. The van der Waals surface area contributed by atoms with Gasteiger partial charge in [-0.3, -0.25) is 4.79 Å². The molecule has 41 heavy (non-hydrogen) atoms. The van der Waals surface area contributed by atoms with Crippen LogP contribution in [0, 0.1) is 5.92 Å². The molecular weight excluding hydrogens is 580 g/mol. The SMILES string of the molecule is CN(C)CCCOc1ccc(-c2cc(Cl)c(CC3CCN(C4CCCCC4)C3=O)c(Cl)c2)cc1.O=C(O)C(F)(F)F. The number of carboxylic acid groups (broad SMARTS) is 1. The van der Waals surface area contributed by atoms with Crippen molar-refractivity contribution in [2.24, 2.45) is 5.92 Å². The molecule has 226 valence electrons. The van der Waals surface area contributed by atoms with E-state index in [-0.39, 0.29) is 11.8 Å². The number of nitrogens with zero attached hydrogens (tertiary/aromatic N) is 2. The third-order valence-corrected chi connectivity index (χ3v) is 8.08. The van der Waals surface area contributed by atoms with Crippen LogP contribution in [0.4, 0.5) is 13.2 Å². The molecule has 1 unspecified atom stereocenters. The Hall–Kier alpha value is -2.49. The monoisotopic (exact) mass is 616 g/mol. The lowest BCUT2D eigenvalue weighted by atomic mass is 9.93. The third-order valence-electron chi connectivity index (χ3n) is 7.41. The van der Waals surface area contributed by atoms with Crippen molar-refractivity contribution >= 4 is 35.1 Å². The highest BCUT2D eigenvalue weighted by Crippen LogP contribution is 2.37. The molecular formula is C30H37Cl2F3N2O4. The highest BCUT2D eigenvalue weighted by atomic mass is 35.5. The Bertz CT molecular complexity index is 1150. The molecule has 2 aromatic rings. The molecule has 0 radical (unpaired) electrons. The second-order valence-electron chi connectivity index (χ2n) is 10.8. The lowest BCUT2D eigenvalue weighted by Gasteiger charge is -2.31. The van der Waals surface area contributed by atoms with E-state index in [1.54, 1.807) is 0 Å². The standard InChI is InChI=1S/C28H36Cl2N2O2.C2HF3O2/c1-31(2)14-6-16-34-24-11-9-20(10-12-24)22-18-26(29)25(27(30)19-22)17-21-13-15-32(28(21)33)23-7-4-3-5-8-23;3-2(4,5)1(6)7/h9-12,18-19,21,23H,3-8,13-17H2,1-2H3;(H,6,7). The molecule has 1 atom stereocenters. The van der Waals surface area contributed by atoms with Crippen LogP contribution in [0.1, 0.15) is 50.5 Å². The fourth-order valence-corrected chi connectivity index (χ4v) is 5.87. The van der Waals surface area contributed by atoms with Gasteiger partial charge in [0.1, 0.15) is 5.75 Å². The van der Waals surface area contributed by atoms with Crippen LogP contribution in [0.5, 0.6) is 5.75 Å². The average molecular weight is 618 g/mol. The van der Waals surface area contributed by atoms with E-state index >= 15 is 0 Å². The molecule has 0 bridgehead atoms. The molecule has 0 spiro atoms.